The molecule has 0 unspecified atom stereocenters. The summed E-state index contributed by atoms with van der Waals surface area (Å²) in [5.74, 6) is 1.19. The van der Waals surface area contributed by atoms with E-state index in [4.69, 9.17) is 10.5 Å². The van der Waals surface area contributed by atoms with E-state index in [-0.39, 0.29) is 5.91 Å². The molecule has 0 saturated heterocycles. The van der Waals surface area contributed by atoms with Gasteiger partial charge in [0, 0.05) is 12.2 Å². The number of aryl methyl sites for hydroxylation is 1. The number of fused-ring (bicyclic) bond motifs is 1. The van der Waals surface area contributed by atoms with Gasteiger partial charge >= 0.3 is 0 Å². The highest BCUT2D eigenvalue weighted by Gasteiger charge is 2.30. The lowest BCUT2D eigenvalue weighted by Crippen LogP contribution is -2.39. The average molecular weight is 322 g/mol. The fourth-order valence-electron chi connectivity index (χ4n) is 2.79. The van der Waals surface area contributed by atoms with E-state index in [0.717, 1.165) is 16.8 Å². The molecule has 1 heterocycles. The van der Waals surface area contributed by atoms with Gasteiger partial charge in [-0.25, -0.2) is 0 Å². The van der Waals surface area contributed by atoms with Gasteiger partial charge in [0.1, 0.15) is 0 Å². The fourth-order valence-corrected chi connectivity index (χ4v) is 2.79. The summed E-state index contributed by atoms with van der Waals surface area (Å²) in [6.45, 7) is 6.80. The standard InChI is InChI=1S/C20H22N2O2/c1-13(2)12-22-17-11-16(21)7-8-18(17)24-19(20(22)23)10-15-6-4-5-14(3)9-15/h4-11,13H,12,21H2,1-3H3/b19-10+. The Bertz CT molecular complexity index is 809. The highest BCUT2D eigenvalue weighted by atomic mass is 16.5. The highest BCUT2D eigenvalue weighted by molar-refractivity contribution is 6.10. The van der Waals surface area contributed by atoms with E-state index in [1.54, 1.807) is 23.1 Å². The SMILES string of the molecule is Cc1cccc(/C=C2/Oc3ccc(N)cc3N(CC(C)C)C2=O)c1. The van der Waals surface area contributed by atoms with Crippen LogP contribution in [0, 0.1) is 12.8 Å². The Hall–Kier alpha value is -2.75. The number of ether oxygens (including phenoxy) is 1. The lowest BCUT2D eigenvalue weighted by atomic mass is 10.1. The van der Waals surface area contributed by atoms with Gasteiger partial charge in [0.05, 0.1) is 5.69 Å². The topological polar surface area (TPSA) is 55.6 Å². The van der Waals surface area contributed by atoms with E-state index in [1.807, 2.05) is 37.3 Å². The lowest BCUT2D eigenvalue weighted by Gasteiger charge is -2.32. The van der Waals surface area contributed by atoms with Crippen molar-refractivity contribution in [3.05, 3.63) is 59.4 Å². The van der Waals surface area contributed by atoms with Crippen molar-refractivity contribution >= 4 is 23.4 Å². The molecule has 1 amide bonds. The van der Waals surface area contributed by atoms with Gasteiger partial charge in [-0.1, -0.05) is 43.7 Å². The predicted octanol–water partition coefficient (Wildman–Crippen LogP) is 4.00. The molecule has 0 bridgehead atoms. The smallest absolute Gasteiger partial charge is 0.294 e. The van der Waals surface area contributed by atoms with E-state index in [0.29, 0.717) is 29.7 Å². The number of hydrogen-bond acceptors (Lipinski definition) is 3. The van der Waals surface area contributed by atoms with Crippen LogP contribution in [-0.4, -0.2) is 12.5 Å². The van der Waals surface area contributed by atoms with Gasteiger partial charge in [0.2, 0.25) is 0 Å². The second-order valence-electron chi connectivity index (χ2n) is 6.56. The number of carbonyl (C=O) groups is 1. The van der Waals surface area contributed by atoms with Gasteiger partial charge in [-0.05, 0) is 42.7 Å². The Morgan fingerprint density at radius 3 is 2.71 bits per heavy atom. The van der Waals surface area contributed by atoms with Crippen LogP contribution in [0.4, 0.5) is 11.4 Å². The summed E-state index contributed by atoms with van der Waals surface area (Å²) in [6, 6.07) is 13.4. The third-order valence-corrected chi connectivity index (χ3v) is 3.84. The van der Waals surface area contributed by atoms with Crippen LogP contribution in [0.25, 0.3) is 6.08 Å². The fraction of sp³-hybridized carbons (Fsp3) is 0.250. The number of amides is 1. The quantitative estimate of drug-likeness (QED) is 0.686. The molecule has 124 valence electrons. The Kier molecular flexibility index (Phi) is 4.30. The van der Waals surface area contributed by atoms with Crippen LogP contribution in [0.1, 0.15) is 25.0 Å². The number of carbonyl (C=O) groups excluding carboxylic acids is 1. The molecule has 0 radical (unpaired) electrons. The van der Waals surface area contributed by atoms with E-state index in [2.05, 4.69) is 13.8 Å². The summed E-state index contributed by atoms with van der Waals surface area (Å²) in [6.07, 6.45) is 1.79. The molecule has 1 aliphatic rings. The molecule has 0 aromatic heterocycles. The van der Waals surface area contributed by atoms with Crippen molar-refractivity contribution in [3.8, 4) is 5.75 Å². The van der Waals surface area contributed by atoms with Crippen LogP contribution in [0.5, 0.6) is 5.75 Å². The first kappa shape index (κ1) is 16.1. The van der Waals surface area contributed by atoms with Crippen molar-refractivity contribution in [1.29, 1.82) is 0 Å². The van der Waals surface area contributed by atoms with Crippen molar-refractivity contribution in [3.63, 3.8) is 0 Å². The molecule has 24 heavy (non-hydrogen) atoms. The maximum Gasteiger partial charge on any atom is 0.294 e. The van der Waals surface area contributed by atoms with Crippen LogP contribution in [0.15, 0.2) is 48.2 Å². The first-order chi connectivity index (χ1) is 11.4. The Labute approximate surface area is 142 Å². The van der Waals surface area contributed by atoms with E-state index in [9.17, 15) is 4.79 Å². The Morgan fingerprint density at radius 1 is 1.21 bits per heavy atom. The molecule has 4 nitrogen and oxygen atoms in total. The number of anilines is 2. The predicted molar refractivity (Wildman–Crippen MR) is 97.8 cm³/mol. The molecule has 3 rings (SSSR count). The van der Waals surface area contributed by atoms with Crippen molar-refractivity contribution in [1.82, 2.24) is 0 Å². The van der Waals surface area contributed by atoms with Crippen LogP contribution in [-0.2, 0) is 4.79 Å². The number of nitrogens with zero attached hydrogens (tertiary/aromatic N) is 1. The van der Waals surface area contributed by atoms with Crippen LogP contribution >= 0.6 is 0 Å². The Balaban J connectivity index is 2.04. The highest BCUT2D eigenvalue weighted by Crippen LogP contribution is 2.37. The summed E-state index contributed by atoms with van der Waals surface area (Å²) in [5, 5.41) is 0. The van der Waals surface area contributed by atoms with E-state index in [1.165, 1.54) is 0 Å². The normalized spacial score (nSPS) is 15.6. The zero-order chi connectivity index (χ0) is 17.3. The molecule has 1 aliphatic heterocycles. The average Bonchev–Trinajstić information content (AvgIpc) is 2.52. The number of nitrogen functional groups attached to an aromatic ring is 1. The van der Waals surface area contributed by atoms with E-state index < -0.39 is 0 Å². The van der Waals surface area contributed by atoms with E-state index >= 15 is 0 Å². The number of benzene rings is 2. The molecule has 2 N–H and O–H groups in total. The van der Waals surface area contributed by atoms with Crippen molar-refractivity contribution in [2.75, 3.05) is 17.2 Å². The zero-order valence-electron chi connectivity index (χ0n) is 14.2. The molecule has 4 heteroatoms. The van der Waals surface area contributed by atoms with Gasteiger partial charge < -0.3 is 15.4 Å². The molecular formula is C20H22N2O2. The molecular weight excluding hydrogens is 300 g/mol. The molecule has 0 atom stereocenters. The first-order valence-corrected chi connectivity index (χ1v) is 8.11. The van der Waals surface area contributed by atoms with Crippen molar-refractivity contribution < 1.29 is 9.53 Å². The minimum absolute atomic E-state index is 0.136. The molecule has 0 spiro atoms. The third-order valence-electron chi connectivity index (χ3n) is 3.84. The maximum absolute atomic E-state index is 12.9. The van der Waals surface area contributed by atoms with Gasteiger partial charge in [0.25, 0.3) is 5.91 Å². The summed E-state index contributed by atoms with van der Waals surface area (Å²) < 4.78 is 5.87. The van der Waals surface area contributed by atoms with Crippen LogP contribution in [0.2, 0.25) is 0 Å². The number of nitrogens with two attached hydrogens (primary N) is 1. The van der Waals surface area contributed by atoms with Crippen LogP contribution in [0.3, 0.4) is 0 Å². The minimum Gasteiger partial charge on any atom is -0.449 e. The third kappa shape index (κ3) is 3.27. The van der Waals surface area contributed by atoms with Gasteiger partial charge in [0.15, 0.2) is 11.5 Å². The lowest BCUT2D eigenvalue weighted by molar-refractivity contribution is -0.117. The minimum atomic E-state index is -0.136. The second kappa shape index (κ2) is 6.40. The zero-order valence-corrected chi connectivity index (χ0v) is 14.2. The molecule has 0 fully saturated rings. The summed E-state index contributed by atoms with van der Waals surface area (Å²) in [5.41, 5.74) is 9.32. The Morgan fingerprint density at radius 2 is 2.00 bits per heavy atom. The second-order valence-corrected chi connectivity index (χ2v) is 6.56. The van der Waals surface area contributed by atoms with Gasteiger partial charge in [-0.2, -0.15) is 0 Å². The van der Waals surface area contributed by atoms with Crippen LogP contribution < -0.4 is 15.4 Å². The summed E-state index contributed by atoms with van der Waals surface area (Å²) in [4.78, 5) is 14.7. The van der Waals surface area contributed by atoms with Gasteiger partial charge in [-0.15, -0.1) is 0 Å². The van der Waals surface area contributed by atoms with Crippen molar-refractivity contribution in [2.24, 2.45) is 5.92 Å². The van der Waals surface area contributed by atoms with Crippen molar-refractivity contribution in [2.45, 2.75) is 20.8 Å². The summed E-state index contributed by atoms with van der Waals surface area (Å²) >= 11 is 0. The first-order valence-electron chi connectivity index (χ1n) is 8.11. The molecule has 2 aromatic rings. The molecule has 0 saturated carbocycles. The molecule has 0 aliphatic carbocycles. The molecule has 2 aromatic carbocycles. The maximum atomic E-state index is 12.9. The monoisotopic (exact) mass is 322 g/mol. The number of rotatable bonds is 3. The van der Waals surface area contributed by atoms with Gasteiger partial charge in [-0.3, -0.25) is 4.79 Å². The summed E-state index contributed by atoms with van der Waals surface area (Å²) in [7, 11) is 0. The largest absolute Gasteiger partial charge is 0.449 e. The number of hydrogen-bond donors (Lipinski definition) is 1.